The molecule has 2 rings (SSSR count). The lowest BCUT2D eigenvalue weighted by atomic mass is 9.99. The Labute approximate surface area is 118 Å². The van der Waals surface area contributed by atoms with Crippen LogP contribution in [0.3, 0.4) is 0 Å². The first-order valence-electron chi connectivity index (χ1n) is 6.26. The van der Waals surface area contributed by atoms with E-state index in [1.54, 1.807) is 0 Å². The van der Waals surface area contributed by atoms with Gasteiger partial charge in [-0.15, -0.1) is 0 Å². The number of ether oxygens (including phenoxy) is 1. The number of hydrogen-bond acceptors (Lipinski definition) is 4. The first-order chi connectivity index (χ1) is 9.04. The third-order valence-corrected chi connectivity index (χ3v) is 3.85. The van der Waals surface area contributed by atoms with Gasteiger partial charge in [0.05, 0.1) is 13.0 Å². The molecule has 1 fully saturated rings. The highest BCUT2D eigenvalue weighted by Gasteiger charge is 2.36. The van der Waals surface area contributed by atoms with E-state index in [9.17, 15) is 4.79 Å². The molecule has 1 aliphatic heterocycles. The molecule has 4 nitrogen and oxygen atoms in total. The number of rotatable bonds is 3. The SMILES string of the molecule is COC(=O)C1CN(c2ccccc2C(N)=S)CC1C. The molecule has 0 aromatic heterocycles. The van der Waals surface area contributed by atoms with Gasteiger partial charge in [-0.25, -0.2) is 0 Å². The molecule has 2 N–H and O–H groups in total. The van der Waals surface area contributed by atoms with Gasteiger partial charge < -0.3 is 15.4 Å². The zero-order valence-corrected chi connectivity index (χ0v) is 11.9. The molecule has 1 aromatic carbocycles. The van der Waals surface area contributed by atoms with E-state index in [1.165, 1.54) is 7.11 Å². The number of benzene rings is 1. The summed E-state index contributed by atoms with van der Waals surface area (Å²) in [7, 11) is 1.43. The summed E-state index contributed by atoms with van der Waals surface area (Å²) in [6, 6.07) is 7.76. The molecule has 0 aliphatic carbocycles. The van der Waals surface area contributed by atoms with Crippen LogP contribution in [0.25, 0.3) is 0 Å². The Bertz CT molecular complexity index is 504. The van der Waals surface area contributed by atoms with Crippen molar-refractivity contribution in [3.63, 3.8) is 0 Å². The molecule has 1 heterocycles. The van der Waals surface area contributed by atoms with Gasteiger partial charge in [0.15, 0.2) is 0 Å². The smallest absolute Gasteiger partial charge is 0.310 e. The van der Waals surface area contributed by atoms with Crippen molar-refractivity contribution in [1.29, 1.82) is 0 Å². The number of hydrogen-bond donors (Lipinski definition) is 1. The minimum Gasteiger partial charge on any atom is -0.469 e. The lowest BCUT2D eigenvalue weighted by Gasteiger charge is -2.21. The molecular formula is C14H18N2O2S. The summed E-state index contributed by atoms with van der Waals surface area (Å²) in [5.74, 6) is 0.0130. The number of carbonyl (C=O) groups excluding carboxylic acids is 1. The third kappa shape index (κ3) is 2.71. The molecule has 5 heteroatoms. The fourth-order valence-corrected chi connectivity index (χ4v) is 2.75. The van der Waals surface area contributed by atoms with Gasteiger partial charge in [0.25, 0.3) is 0 Å². The number of anilines is 1. The molecule has 0 spiro atoms. The van der Waals surface area contributed by atoms with Crippen LogP contribution < -0.4 is 10.6 Å². The van der Waals surface area contributed by atoms with Crippen LogP contribution >= 0.6 is 12.2 Å². The predicted octanol–water partition coefficient (Wildman–Crippen LogP) is 1.57. The van der Waals surface area contributed by atoms with E-state index in [0.29, 0.717) is 11.5 Å². The minimum absolute atomic E-state index is 0.0931. The Kier molecular flexibility index (Phi) is 4.04. The van der Waals surface area contributed by atoms with Crippen molar-refractivity contribution in [2.45, 2.75) is 6.92 Å². The number of nitrogens with zero attached hydrogens (tertiary/aromatic N) is 1. The van der Waals surface area contributed by atoms with Gasteiger partial charge in [0, 0.05) is 24.3 Å². The van der Waals surface area contributed by atoms with Crippen LogP contribution in [-0.2, 0) is 9.53 Å². The van der Waals surface area contributed by atoms with Gasteiger partial charge in [0.1, 0.15) is 4.99 Å². The molecule has 1 aliphatic rings. The summed E-state index contributed by atoms with van der Waals surface area (Å²) in [6.07, 6.45) is 0. The summed E-state index contributed by atoms with van der Waals surface area (Å²) in [4.78, 5) is 14.3. The normalized spacial score (nSPS) is 22.3. The number of carbonyl (C=O) groups is 1. The standard InChI is InChI=1S/C14H18N2O2S/c1-9-7-16(8-11(9)14(17)18-2)12-6-4-3-5-10(12)13(15)19/h3-6,9,11H,7-8H2,1-2H3,(H2,15,19). The molecule has 1 aromatic rings. The van der Waals surface area contributed by atoms with Crippen molar-refractivity contribution < 1.29 is 9.53 Å². The number of thiocarbonyl (C=S) groups is 1. The molecule has 0 saturated carbocycles. The van der Waals surface area contributed by atoms with E-state index < -0.39 is 0 Å². The number of esters is 1. The fraction of sp³-hybridized carbons (Fsp3) is 0.429. The molecule has 1 saturated heterocycles. The van der Waals surface area contributed by atoms with Crippen molar-refractivity contribution in [3.8, 4) is 0 Å². The van der Waals surface area contributed by atoms with E-state index in [0.717, 1.165) is 17.8 Å². The van der Waals surface area contributed by atoms with Gasteiger partial charge in [-0.05, 0) is 18.1 Å². The highest BCUT2D eigenvalue weighted by molar-refractivity contribution is 7.80. The summed E-state index contributed by atoms with van der Waals surface area (Å²) in [6.45, 7) is 3.51. The van der Waals surface area contributed by atoms with E-state index in [2.05, 4.69) is 11.8 Å². The molecule has 0 radical (unpaired) electrons. The fourth-order valence-electron chi connectivity index (χ4n) is 2.58. The molecule has 0 amide bonds. The largest absolute Gasteiger partial charge is 0.469 e. The Balaban J connectivity index is 2.25. The Morgan fingerprint density at radius 1 is 1.42 bits per heavy atom. The number of methoxy groups -OCH3 is 1. The van der Waals surface area contributed by atoms with Gasteiger partial charge in [-0.2, -0.15) is 0 Å². The second kappa shape index (κ2) is 5.57. The number of para-hydroxylation sites is 1. The molecule has 0 bridgehead atoms. The van der Waals surface area contributed by atoms with Crippen molar-refractivity contribution in [1.82, 2.24) is 0 Å². The predicted molar refractivity (Wildman–Crippen MR) is 79.2 cm³/mol. The van der Waals surface area contributed by atoms with E-state index >= 15 is 0 Å². The lowest BCUT2D eigenvalue weighted by molar-refractivity contribution is -0.145. The van der Waals surface area contributed by atoms with Crippen molar-refractivity contribution in [2.75, 3.05) is 25.1 Å². The zero-order valence-electron chi connectivity index (χ0n) is 11.1. The zero-order chi connectivity index (χ0) is 14.0. The van der Waals surface area contributed by atoms with E-state index in [-0.39, 0.29) is 17.8 Å². The van der Waals surface area contributed by atoms with Crippen molar-refractivity contribution in [3.05, 3.63) is 29.8 Å². The van der Waals surface area contributed by atoms with E-state index in [1.807, 2.05) is 24.3 Å². The van der Waals surface area contributed by atoms with Crippen molar-refractivity contribution >= 4 is 28.9 Å². The topological polar surface area (TPSA) is 55.6 Å². The average Bonchev–Trinajstić information content (AvgIpc) is 2.79. The Morgan fingerprint density at radius 2 is 2.11 bits per heavy atom. The van der Waals surface area contributed by atoms with Gasteiger partial charge in [0.2, 0.25) is 0 Å². The van der Waals surface area contributed by atoms with E-state index in [4.69, 9.17) is 22.7 Å². The molecular weight excluding hydrogens is 260 g/mol. The highest BCUT2D eigenvalue weighted by Crippen LogP contribution is 2.31. The maximum atomic E-state index is 11.7. The highest BCUT2D eigenvalue weighted by atomic mass is 32.1. The van der Waals surface area contributed by atoms with Crippen molar-refractivity contribution in [2.24, 2.45) is 17.6 Å². The minimum atomic E-state index is -0.150. The summed E-state index contributed by atoms with van der Waals surface area (Å²) in [5, 5.41) is 0. The average molecular weight is 278 g/mol. The van der Waals surface area contributed by atoms with Crippen LogP contribution in [0, 0.1) is 11.8 Å². The molecule has 19 heavy (non-hydrogen) atoms. The Morgan fingerprint density at radius 3 is 2.74 bits per heavy atom. The first-order valence-corrected chi connectivity index (χ1v) is 6.67. The third-order valence-electron chi connectivity index (χ3n) is 3.63. The summed E-state index contributed by atoms with van der Waals surface area (Å²) >= 11 is 5.08. The number of nitrogens with two attached hydrogens (primary N) is 1. The summed E-state index contributed by atoms with van der Waals surface area (Å²) in [5.41, 5.74) is 7.60. The van der Waals surface area contributed by atoms with Crippen LogP contribution in [-0.4, -0.2) is 31.2 Å². The van der Waals surface area contributed by atoms with Gasteiger partial charge in [-0.1, -0.05) is 31.3 Å². The van der Waals surface area contributed by atoms with Crippen LogP contribution in [0.2, 0.25) is 0 Å². The first kappa shape index (κ1) is 13.8. The maximum Gasteiger partial charge on any atom is 0.310 e. The summed E-state index contributed by atoms with van der Waals surface area (Å²) < 4.78 is 4.85. The maximum absolute atomic E-state index is 11.7. The van der Waals surface area contributed by atoms with Crippen LogP contribution in [0.4, 0.5) is 5.69 Å². The monoisotopic (exact) mass is 278 g/mol. The molecule has 2 unspecified atom stereocenters. The molecule has 102 valence electrons. The van der Waals surface area contributed by atoms with Crippen LogP contribution in [0.5, 0.6) is 0 Å². The second-order valence-corrected chi connectivity index (χ2v) is 5.33. The quantitative estimate of drug-likeness (QED) is 0.672. The van der Waals surface area contributed by atoms with Crippen LogP contribution in [0.1, 0.15) is 12.5 Å². The van der Waals surface area contributed by atoms with Crippen LogP contribution in [0.15, 0.2) is 24.3 Å². The lowest BCUT2D eigenvalue weighted by Crippen LogP contribution is -2.26. The van der Waals surface area contributed by atoms with Gasteiger partial charge in [-0.3, -0.25) is 4.79 Å². The molecule has 2 atom stereocenters. The van der Waals surface area contributed by atoms with Gasteiger partial charge >= 0.3 is 5.97 Å². The second-order valence-electron chi connectivity index (χ2n) is 4.89. The Hall–Kier alpha value is -1.62.